The van der Waals surface area contributed by atoms with Crippen LogP contribution in [0.4, 0.5) is 0 Å². The van der Waals surface area contributed by atoms with E-state index in [1.54, 1.807) is 0 Å². The van der Waals surface area contributed by atoms with Gasteiger partial charge in [0.2, 0.25) is 0 Å². The van der Waals surface area contributed by atoms with E-state index in [2.05, 4.69) is 13.8 Å². The third kappa shape index (κ3) is 34.5. The summed E-state index contributed by atoms with van der Waals surface area (Å²) in [4.78, 5) is 0. The van der Waals surface area contributed by atoms with Gasteiger partial charge in [-0.15, -0.1) is 0 Å². The molecule has 43 heavy (non-hydrogen) atoms. The second kappa shape index (κ2) is 38.0. The van der Waals surface area contributed by atoms with Crippen molar-refractivity contribution in [1.82, 2.24) is 0 Å². The summed E-state index contributed by atoms with van der Waals surface area (Å²) in [6, 6.07) is 0. The highest BCUT2D eigenvalue weighted by Gasteiger charge is 2.14. The molecule has 0 aliphatic rings. The van der Waals surface area contributed by atoms with Gasteiger partial charge in [-0.2, -0.15) is 0 Å². The Morgan fingerprint density at radius 1 is 0.349 bits per heavy atom. The highest BCUT2D eigenvalue weighted by molar-refractivity contribution is 4.60. The molecule has 0 amide bonds. The first-order chi connectivity index (χ1) is 21.3. The fourth-order valence-corrected chi connectivity index (χ4v) is 5.71. The second-order valence-corrected chi connectivity index (χ2v) is 13.1. The van der Waals surface area contributed by atoms with E-state index in [-0.39, 0.29) is 19.3 Å². The third-order valence-corrected chi connectivity index (χ3v) is 8.72. The highest BCUT2D eigenvalue weighted by atomic mass is 16.6. The largest absolute Gasteiger partial charge is 0.394 e. The van der Waals surface area contributed by atoms with Crippen molar-refractivity contribution in [2.45, 2.75) is 206 Å². The molecular weight excluding hydrogens is 536 g/mol. The number of ether oxygens (including phenoxy) is 3. The Hall–Kier alpha value is -0.200. The second-order valence-electron chi connectivity index (χ2n) is 13.1. The van der Waals surface area contributed by atoms with Crippen molar-refractivity contribution < 1.29 is 24.4 Å². The first-order valence-electron chi connectivity index (χ1n) is 19.3. The summed E-state index contributed by atoms with van der Waals surface area (Å²) in [7, 11) is 0. The Morgan fingerprint density at radius 2 is 0.674 bits per heavy atom. The smallest absolute Gasteiger partial charge is 0.104 e. The van der Waals surface area contributed by atoms with Gasteiger partial charge in [0.1, 0.15) is 12.2 Å². The SMILES string of the molecule is CCCCCCCCCCCCCCCCOCC(COC(CO)CO)OCCCCCCCCCCCCCCCC. The Labute approximate surface area is 269 Å². The molecule has 0 aliphatic heterocycles. The van der Waals surface area contributed by atoms with E-state index >= 15 is 0 Å². The number of aliphatic hydroxyl groups excluding tert-OH is 2. The van der Waals surface area contributed by atoms with Gasteiger partial charge in [0.05, 0.1) is 26.4 Å². The molecule has 0 aliphatic carbocycles. The molecule has 0 rings (SSSR count). The minimum Gasteiger partial charge on any atom is -0.394 e. The van der Waals surface area contributed by atoms with Crippen LogP contribution in [-0.2, 0) is 14.2 Å². The minimum absolute atomic E-state index is 0.144. The summed E-state index contributed by atoms with van der Waals surface area (Å²) >= 11 is 0. The van der Waals surface area contributed by atoms with Crippen LogP contribution in [0.3, 0.4) is 0 Å². The molecule has 260 valence electrons. The molecule has 2 N–H and O–H groups in total. The van der Waals surface area contributed by atoms with Gasteiger partial charge in [-0.1, -0.05) is 181 Å². The Bertz CT molecular complexity index is 485. The van der Waals surface area contributed by atoms with Crippen LogP contribution in [0.25, 0.3) is 0 Å². The summed E-state index contributed by atoms with van der Waals surface area (Å²) in [6.45, 7) is 6.56. The first kappa shape index (κ1) is 42.8. The van der Waals surface area contributed by atoms with Crippen LogP contribution in [0, 0.1) is 0 Å². The summed E-state index contributed by atoms with van der Waals surface area (Å²) in [6.07, 6.45) is 37.3. The van der Waals surface area contributed by atoms with Gasteiger partial charge < -0.3 is 24.4 Å². The molecule has 0 saturated carbocycles. The van der Waals surface area contributed by atoms with Crippen LogP contribution >= 0.6 is 0 Å². The molecule has 0 bridgehead atoms. The molecule has 0 aromatic heterocycles. The van der Waals surface area contributed by atoms with Crippen molar-refractivity contribution in [3.63, 3.8) is 0 Å². The van der Waals surface area contributed by atoms with Gasteiger partial charge in [0.15, 0.2) is 0 Å². The summed E-state index contributed by atoms with van der Waals surface area (Å²) in [5.74, 6) is 0. The molecule has 0 radical (unpaired) electrons. The van der Waals surface area contributed by atoms with E-state index < -0.39 is 6.10 Å². The average Bonchev–Trinajstić information content (AvgIpc) is 3.02. The van der Waals surface area contributed by atoms with Crippen molar-refractivity contribution in [3.05, 3.63) is 0 Å². The summed E-state index contributed by atoms with van der Waals surface area (Å²) < 4.78 is 17.7. The van der Waals surface area contributed by atoms with Crippen LogP contribution in [0.2, 0.25) is 0 Å². The molecule has 0 aromatic carbocycles. The van der Waals surface area contributed by atoms with Gasteiger partial charge in [-0.05, 0) is 12.8 Å². The van der Waals surface area contributed by atoms with Crippen LogP contribution in [0.5, 0.6) is 0 Å². The molecule has 0 heterocycles. The van der Waals surface area contributed by atoms with Gasteiger partial charge in [-0.25, -0.2) is 0 Å². The predicted octanol–water partition coefficient (Wildman–Crippen LogP) is 10.7. The van der Waals surface area contributed by atoms with E-state index in [1.807, 2.05) is 0 Å². The van der Waals surface area contributed by atoms with Crippen LogP contribution in [0.1, 0.15) is 194 Å². The molecule has 5 nitrogen and oxygen atoms in total. The van der Waals surface area contributed by atoms with E-state index in [0.29, 0.717) is 13.2 Å². The highest BCUT2D eigenvalue weighted by Crippen LogP contribution is 2.15. The van der Waals surface area contributed by atoms with Crippen molar-refractivity contribution in [3.8, 4) is 0 Å². The molecule has 5 heteroatoms. The lowest BCUT2D eigenvalue weighted by atomic mass is 10.0. The molecule has 0 fully saturated rings. The van der Waals surface area contributed by atoms with Gasteiger partial charge >= 0.3 is 0 Å². The molecule has 0 saturated heterocycles. The zero-order chi connectivity index (χ0) is 31.3. The van der Waals surface area contributed by atoms with E-state index in [9.17, 15) is 10.2 Å². The van der Waals surface area contributed by atoms with E-state index in [0.717, 1.165) is 26.1 Å². The first-order valence-corrected chi connectivity index (χ1v) is 19.3. The predicted molar refractivity (Wildman–Crippen MR) is 185 cm³/mol. The molecule has 1 atom stereocenters. The Morgan fingerprint density at radius 3 is 1.02 bits per heavy atom. The quantitative estimate of drug-likeness (QED) is 0.0677. The van der Waals surface area contributed by atoms with Crippen LogP contribution in [0.15, 0.2) is 0 Å². The normalized spacial score (nSPS) is 12.5. The monoisotopic (exact) mass is 615 g/mol. The van der Waals surface area contributed by atoms with E-state index in [4.69, 9.17) is 14.2 Å². The standard InChI is InChI=1S/C38H78O5/c1-3-5-7-9-11-13-15-17-19-21-23-25-27-29-31-41-35-38(36-43-37(33-39)34-40)42-32-30-28-26-24-22-20-18-16-14-12-10-8-6-4-2/h37-40H,3-36H2,1-2H3. The lowest BCUT2D eigenvalue weighted by Gasteiger charge is -2.21. The lowest BCUT2D eigenvalue weighted by Crippen LogP contribution is -2.32. The fraction of sp³-hybridized carbons (Fsp3) is 1.00. The minimum atomic E-state index is -0.544. The maximum absolute atomic E-state index is 9.32. The summed E-state index contributed by atoms with van der Waals surface area (Å²) in [5.41, 5.74) is 0. The zero-order valence-electron chi connectivity index (χ0n) is 29.3. The molecule has 0 spiro atoms. The summed E-state index contributed by atoms with van der Waals surface area (Å²) in [5, 5.41) is 18.6. The lowest BCUT2D eigenvalue weighted by molar-refractivity contribution is -0.0958. The average molecular weight is 615 g/mol. The van der Waals surface area contributed by atoms with Gasteiger partial charge in [-0.3, -0.25) is 0 Å². The zero-order valence-corrected chi connectivity index (χ0v) is 29.3. The van der Waals surface area contributed by atoms with Crippen molar-refractivity contribution in [1.29, 1.82) is 0 Å². The number of rotatable bonds is 38. The number of hydrogen-bond acceptors (Lipinski definition) is 5. The Balaban J connectivity index is 3.72. The van der Waals surface area contributed by atoms with Crippen LogP contribution in [-0.4, -0.2) is 62.1 Å². The third-order valence-electron chi connectivity index (χ3n) is 8.72. The molecule has 0 aromatic rings. The van der Waals surface area contributed by atoms with Crippen molar-refractivity contribution in [2.75, 3.05) is 39.6 Å². The number of aliphatic hydroxyl groups is 2. The van der Waals surface area contributed by atoms with Gasteiger partial charge in [0.25, 0.3) is 0 Å². The molecular formula is C38H78O5. The van der Waals surface area contributed by atoms with Crippen LogP contribution < -0.4 is 0 Å². The fourth-order valence-electron chi connectivity index (χ4n) is 5.71. The topological polar surface area (TPSA) is 68.2 Å². The maximum atomic E-state index is 9.32. The Kier molecular flexibility index (Phi) is 37.8. The number of unbranched alkanes of at least 4 members (excludes halogenated alkanes) is 26. The van der Waals surface area contributed by atoms with Gasteiger partial charge in [0, 0.05) is 13.2 Å². The van der Waals surface area contributed by atoms with Crippen molar-refractivity contribution in [2.24, 2.45) is 0 Å². The molecule has 1 unspecified atom stereocenters. The number of hydrogen-bond donors (Lipinski definition) is 2. The van der Waals surface area contributed by atoms with Crippen molar-refractivity contribution >= 4 is 0 Å². The maximum Gasteiger partial charge on any atom is 0.104 e. The van der Waals surface area contributed by atoms with E-state index in [1.165, 1.54) is 167 Å².